The van der Waals surface area contributed by atoms with Crippen LogP contribution < -0.4 is 0 Å². The van der Waals surface area contributed by atoms with Gasteiger partial charge in [0.2, 0.25) is 5.91 Å². The monoisotopic (exact) mass is 281 g/mol. The van der Waals surface area contributed by atoms with E-state index < -0.39 is 0 Å². The van der Waals surface area contributed by atoms with E-state index >= 15 is 0 Å². The van der Waals surface area contributed by atoms with E-state index in [9.17, 15) is 4.79 Å². The van der Waals surface area contributed by atoms with Crippen LogP contribution in [0, 0.1) is 12.3 Å². The molecule has 1 saturated heterocycles. The van der Waals surface area contributed by atoms with Crippen molar-refractivity contribution in [3.8, 4) is 0 Å². The lowest BCUT2D eigenvalue weighted by molar-refractivity contribution is -0.141. The van der Waals surface area contributed by atoms with Crippen molar-refractivity contribution >= 4 is 17.2 Å². The van der Waals surface area contributed by atoms with E-state index in [4.69, 9.17) is 0 Å². The molecule has 19 heavy (non-hydrogen) atoms. The minimum absolute atomic E-state index is 0.261. The van der Waals surface area contributed by atoms with E-state index in [1.807, 2.05) is 32.6 Å². The maximum atomic E-state index is 12.2. The molecule has 0 saturated carbocycles. The number of aryl methyl sites for hydroxylation is 1. The van der Waals surface area contributed by atoms with E-state index in [0.717, 1.165) is 43.4 Å². The van der Waals surface area contributed by atoms with Gasteiger partial charge in [-0.3, -0.25) is 9.69 Å². The van der Waals surface area contributed by atoms with Crippen LogP contribution in [0.1, 0.15) is 31.5 Å². The van der Waals surface area contributed by atoms with E-state index in [2.05, 4.69) is 15.3 Å². The Hall–Kier alpha value is -0.940. The van der Waals surface area contributed by atoms with E-state index in [1.165, 1.54) is 0 Å². The van der Waals surface area contributed by atoms with Crippen molar-refractivity contribution in [3.63, 3.8) is 0 Å². The number of rotatable bonds is 2. The summed E-state index contributed by atoms with van der Waals surface area (Å²) in [5, 5.41) is 3.25. The van der Waals surface area contributed by atoms with E-state index in [0.29, 0.717) is 0 Å². The molecule has 1 aromatic heterocycles. The smallest absolute Gasteiger partial charge is 0.228 e. The molecule has 4 nitrogen and oxygen atoms in total. The Morgan fingerprint density at radius 1 is 1.32 bits per heavy atom. The van der Waals surface area contributed by atoms with Gasteiger partial charge in [0.25, 0.3) is 0 Å². The zero-order chi connectivity index (χ0) is 14.0. The molecular weight excluding hydrogens is 258 g/mol. The Morgan fingerprint density at radius 2 is 1.95 bits per heavy atom. The van der Waals surface area contributed by atoms with Crippen LogP contribution in [-0.2, 0) is 11.3 Å². The van der Waals surface area contributed by atoms with Crippen molar-refractivity contribution in [3.05, 3.63) is 16.1 Å². The van der Waals surface area contributed by atoms with Crippen molar-refractivity contribution in [2.45, 2.75) is 34.2 Å². The highest BCUT2D eigenvalue weighted by atomic mass is 32.1. The summed E-state index contributed by atoms with van der Waals surface area (Å²) >= 11 is 1.70. The Balaban J connectivity index is 1.84. The van der Waals surface area contributed by atoms with Crippen LogP contribution in [0.3, 0.4) is 0 Å². The highest BCUT2D eigenvalue weighted by molar-refractivity contribution is 7.09. The van der Waals surface area contributed by atoms with Crippen molar-refractivity contribution in [2.75, 3.05) is 26.2 Å². The lowest BCUT2D eigenvalue weighted by Gasteiger charge is -2.37. The molecular formula is C14H23N3OS. The van der Waals surface area contributed by atoms with Gasteiger partial charge >= 0.3 is 0 Å². The lowest BCUT2D eigenvalue weighted by Crippen LogP contribution is -2.51. The fraction of sp³-hybridized carbons (Fsp3) is 0.714. The maximum Gasteiger partial charge on any atom is 0.228 e. The summed E-state index contributed by atoms with van der Waals surface area (Å²) < 4.78 is 0. The molecule has 1 amide bonds. The first-order valence-electron chi connectivity index (χ1n) is 6.79. The fourth-order valence-electron chi connectivity index (χ4n) is 2.29. The van der Waals surface area contributed by atoms with Gasteiger partial charge in [-0.1, -0.05) is 20.8 Å². The van der Waals surface area contributed by atoms with Gasteiger partial charge in [0.05, 0.1) is 10.7 Å². The summed E-state index contributed by atoms with van der Waals surface area (Å²) in [6.45, 7) is 12.4. The number of nitrogens with zero attached hydrogens (tertiary/aromatic N) is 3. The van der Waals surface area contributed by atoms with Crippen LogP contribution in [0.25, 0.3) is 0 Å². The fourth-order valence-corrected chi connectivity index (χ4v) is 2.90. The molecule has 2 rings (SSSR count). The molecule has 5 heteroatoms. The summed E-state index contributed by atoms with van der Waals surface area (Å²) in [5.74, 6) is 0.261. The second-order valence-corrected chi connectivity index (χ2v) is 7.24. The van der Waals surface area contributed by atoms with Crippen molar-refractivity contribution < 1.29 is 4.79 Å². The van der Waals surface area contributed by atoms with Gasteiger partial charge in [-0.05, 0) is 6.92 Å². The number of hydrogen-bond donors (Lipinski definition) is 0. The molecule has 0 aromatic carbocycles. The number of thiazole rings is 1. The first-order chi connectivity index (χ1) is 8.86. The molecule has 106 valence electrons. The summed E-state index contributed by atoms with van der Waals surface area (Å²) in [5.41, 5.74) is 0.881. The molecule has 1 aliphatic rings. The van der Waals surface area contributed by atoms with Gasteiger partial charge in [-0.2, -0.15) is 0 Å². The highest BCUT2D eigenvalue weighted by Gasteiger charge is 2.29. The van der Waals surface area contributed by atoms with Crippen LogP contribution in [0.5, 0.6) is 0 Å². The number of aromatic nitrogens is 1. The quantitative estimate of drug-likeness (QED) is 0.833. The van der Waals surface area contributed by atoms with Gasteiger partial charge in [0.15, 0.2) is 0 Å². The molecule has 1 aromatic rings. The van der Waals surface area contributed by atoms with Crippen molar-refractivity contribution in [2.24, 2.45) is 5.41 Å². The number of carbonyl (C=O) groups excluding carboxylic acids is 1. The van der Waals surface area contributed by atoms with E-state index in [1.54, 1.807) is 11.3 Å². The minimum Gasteiger partial charge on any atom is -0.340 e. The molecule has 0 bridgehead atoms. The van der Waals surface area contributed by atoms with Gasteiger partial charge in [-0.25, -0.2) is 4.98 Å². The lowest BCUT2D eigenvalue weighted by atomic mass is 9.94. The third kappa shape index (κ3) is 3.76. The molecule has 0 N–H and O–H groups in total. The third-order valence-corrected chi connectivity index (χ3v) is 4.18. The summed E-state index contributed by atoms with van der Waals surface area (Å²) in [6, 6.07) is 0. The number of hydrogen-bond acceptors (Lipinski definition) is 4. The standard InChI is InChI=1S/C14H23N3OS/c1-11-15-12(10-19-11)9-16-5-7-17(8-6-16)13(18)14(2,3)4/h10H,5-9H2,1-4H3. The Bertz CT molecular complexity index is 442. The zero-order valence-electron chi connectivity index (χ0n) is 12.3. The summed E-state index contributed by atoms with van der Waals surface area (Å²) in [6.07, 6.45) is 0. The first-order valence-corrected chi connectivity index (χ1v) is 7.67. The molecule has 1 fully saturated rings. The second kappa shape index (κ2) is 5.59. The number of carbonyl (C=O) groups is 1. The maximum absolute atomic E-state index is 12.2. The van der Waals surface area contributed by atoms with E-state index in [-0.39, 0.29) is 11.3 Å². The predicted octanol–water partition coefficient (Wildman–Crippen LogP) is 2.14. The predicted molar refractivity (Wildman–Crippen MR) is 78.2 cm³/mol. The van der Waals surface area contributed by atoms with Gasteiger partial charge in [-0.15, -0.1) is 11.3 Å². The SMILES string of the molecule is Cc1nc(CN2CCN(C(=O)C(C)(C)C)CC2)cs1. The molecule has 2 heterocycles. The average molecular weight is 281 g/mol. The molecule has 0 atom stereocenters. The zero-order valence-corrected chi connectivity index (χ0v) is 13.1. The molecule has 0 spiro atoms. The molecule has 0 radical (unpaired) electrons. The topological polar surface area (TPSA) is 36.4 Å². The Morgan fingerprint density at radius 3 is 2.42 bits per heavy atom. The normalized spacial score (nSPS) is 17.8. The van der Waals surface area contributed by atoms with Crippen LogP contribution in [0.2, 0.25) is 0 Å². The van der Waals surface area contributed by atoms with Gasteiger partial charge in [0.1, 0.15) is 0 Å². The Kier molecular flexibility index (Phi) is 4.26. The summed E-state index contributed by atoms with van der Waals surface area (Å²) in [4.78, 5) is 21.0. The van der Waals surface area contributed by atoms with Crippen LogP contribution >= 0.6 is 11.3 Å². The first kappa shape index (κ1) is 14.5. The minimum atomic E-state index is -0.270. The van der Waals surface area contributed by atoms with Crippen LogP contribution in [0.15, 0.2) is 5.38 Å². The van der Waals surface area contributed by atoms with Crippen LogP contribution in [0.4, 0.5) is 0 Å². The summed E-state index contributed by atoms with van der Waals surface area (Å²) in [7, 11) is 0. The molecule has 0 unspecified atom stereocenters. The van der Waals surface area contributed by atoms with Crippen molar-refractivity contribution in [1.82, 2.24) is 14.8 Å². The number of piperazine rings is 1. The largest absolute Gasteiger partial charge is 0.340 e. The van der Waals surface area contributed by atoms with Gasteiger partial charge in [0, 0.05) is 43.5 Å². The molecule has 0 aliphatic carbocycles. The third-order valence-electron chi connectivity index (χ3n) is 3.35. The molecule has 1 aliphatic heterocycles. The number of amides is 1. The van der Waals surface area contributed by atoms with Gasteiger partial charge < -0.3 is 4.90 Å². The van der Waals surface area contributed by atoms with Crippen LogP contribution in [-0.4, -0.2) is 46.9 Å². The highest BCUT2D eigenvalue weighted by Crippen LogP contribution is 2.19. The second-order valence-electron chi connectivity index (χ2n) is 6.18. The average Bonchev–Trinajstić information content (AvgIpc) is 2.74. The van der Waals surface area contributed by atoms with Crippen molar-refractivity contribution in [1.29, 1.82) is 0 Å². The Labute approximate surface area is 119 Å².